The van der Waals surface area contributed by atoms with Crippen LogP contribution in [-0.4, -0.2) is 12.0 Å². The quantitative estimate of drug-likeness (QED) is 0.824. The monoisotopic (exact) mass is 241 g/mol. The molecular weight excluding hydrogens is 226 g/mol. The van der Waals surface area contributed by atoms with Crippen LogP contribution < -0.4 is 5.73 Å². The zero-order valence-electron chi connectivity index (χ0n) is 9.44. The van der Waals surface area contributed by atoms with Crippen LogP contribution in [0.5, 0.6) is 0 Å². The molecule has 0 saturated carbocycles. The molecule has 1 atom stereocenters. The molecule has 0 aliphatic carbocycles. The predicted octanol–water partition coefficient (Wildman–Crippen LogP) is 2.37. The van der Waals surface area contributed by atoms with Crippen molar-refractivity contribution in [3.63, 3.8) is 0 Å². The number of ether oxygens (including phenoxy) is 1. The fraction of sp³-hybridized carbons (Fsp3) is 0.417. The minimum atomic E-state index is -0.563. The molecule has 0 bridgehead atoms. The van der Waals surface area contributed by atoms with E-state index >= 15 is 0 Å². The molecule has 4 heteroatoms. The van der Waals surface area contributed by atoms with E-state index in [1.165, 1.54) is 0 Å². The molecule has 1 rings (SSSR count). The minimum absolute atomic E-state index is 0.0812. The van der Waals surface area contributed by atoms with Crippen LogP contribution in [-0.2, 0) is 16.1 Å². The van der Waals surface area contributed by atoms with Gasteiger partial charge in [0.1, 0.15) is 12.6 Å². The maximum absolute atomic E-state index is 11.5. The predicted molar refractivity (Wildman–Crippen MR) is 64.1 cm³/mol. The van der Waals surface area contributed by atoms with Gasteiger partial charge in [-0.2, -0.15) is 0 Å². The van der Waals surface area contributed by atoms with Crippen molar-refractivity contribution >= 4 is 17.6 Å². The van der Waals surface area contributed by atoms with E-state index in [1.807, 2.05) is 26.0 Å². The molecule has 1 aromatic rings. The van der Waals surface area contributed by atoms with E-state index in [4.69, 9.17) is 22.1 Å². The van der Waals surface area contributed by atoms with Gasteiger partial charge in [0.2, 0.25) is 0 Å². The van der Waals surface area contributed by atoms with Crippen LogP contribution in [0.25, 0.3) is 0 Å². The summed E-state index contributed by atoms with van der Waals surface area (Å²) in [5.74, 6) is -0.289. The lowest BCUT2D eigenvalue weighted by molar-refractivity contribution is -0.147. The Hall–Kier alpha value is -1.06. The Morgan fingerprint density at radius 2 is 1.94 bits per heavy atom. The summed E-state index contributed by atoms with van der Waals surface area (Å²) in [5, 5.41) is 0.661. The number of carbonyl (C=O) groups is 1. The second kappa shape index (κ2) is 5.87. The summed E-state index contributed by atoms with van der Waals surface area (Å²) in [6.07, 6.45) is 0. The lowest BCUT2D eigenvalue weighted by Gasteiger charge is -2.14. The largest absolute Gasteiger partial charge is 0.460 e. The highest BCUT2D eigenvalue weighted by atomic mass is 35.5. The second-order valence-electron chi connectivity index (χ2n) is 4.00. The van der Waals surface area contributed by atoms with Crippen molar-refractivity contribution in [1.82, 2.24) is 0 Å². The number of rotatable bonds is 4. The van der Waals surface area contributed by atoms with Gasteiger partial charge in [0.15, 0.2) is 0 Å². The zero-order valence-corrected chi connectivity index (χ0v) is 10.2. The van der Waals surface area contributed by atoms with Gasteiger partial charge in [-0.25, -0.2) is 0 Å². The number of nitrogens with two attached hydrogens (primary N) is 1. The summed E-state index contributed by atoms with van der Waals surface area (Å²) >= 11 is 5.74. The van der Waals surface area contributed by atoms with Gasteiger partial charge in [0, 0.05) is 5.02 Å². The van der Waals surface area contributed by atoms with Gasteiger partial charge < -0.3 is 10.5 Å². The SMILES string of the molecule is CC(C)[C@H](N)C(=O)OCc1ccc(Cl)cc1. The van der Waals surface area contributed by atoms with Gasteiger partial charge in [-0.3, -0.25) is 4.79 Å². The highest BCUT2D eigenvalue weighted by molar-refractivity contribution is 6.30. The Morgan fingerprint density at radius 1 is 1.38 bits per heavy atom. The van der Waals surface area contributed by atoms with Crippen molar-refractivity contribution in [3.8, 4) is 0 Å². The van der Waals surface area contributed by atoms with Crippen LogP contribution in [0.15, 0.2) is 24.3 Å². The summed E-state index contributed by atoms with van der Waals surface area (Å²) in [6.45, 7) is 4.00. The molecule has 1 aromatic carbocycles. The fourth-order valence-electron chi connectivity index (χ4n) is 1.10. The van der Waals surface area contributed by atoms with E-state index in [1.54, 1.807) is 12.1 Å². The molecule has 2 N–H and O–H groups in total. The van der Waals surface area contributed by atoms with Crippen LogP contribution in [0.4, 0.5) is 0 Å². The summed E-state index contributed by atoms with van der Waals surface area (Å²) in [7, 11) is 0. The smallest absolute Gasteiger partial charge is 0.323 e. The molecule has 0 unspecified atom stereocenters. The molecule has 0 radical (unpaired) electrons. The summed E-state index contributed by atoms with van der Waals surface area (Å²) in [6, 6.07) is 6.58. The zero-order chi connectivity index (χ0) is 12.1. The molecule has 0 heterocycles. The van der Waals surface area contributed by atoms with Gasteiger partial charge in [0.25, 0.3) is 0 Å². The molecule has 0 spiro atoms. The van der Waals surface area contributed by atoms with Crippen LogP contribution in [0, 0.1) is 5.92 Å². The number of hydrogen-bond acceptors (Lipinski definition) is 3. The van der Waals surface area contributed by atoms with E-state index in [9.17, 15) is 4.79 Å². The Bertz CT molecular complexity index is 349. The van der Waals surface area contributed by atoms with Crippen molar-refractivity contribution < 1.29 is 9.53 Å². The second-order valence-corrected chi connectivity index (χ2v) is 4.44. The van der Waals surface area contributed by atoms with Crippen molar-refractivity contribution in [2.75, 3.05) is 0 Å². The standard InChI is InChI=1S/C12H16ClNO2/c1-8(2)11(14)12(15)16-7-9-3-5-10(13)6-4-9/h3-6,8,11H,7,14H2,1-2H3/t11-/m0/s1. The molecule has 16 heavy (non-hydrogen) atoms. The molecule has 0 aliphatic heterocycles. The lowest BCUT2D eigenvalue weighted by Crippen LogP contribution is -2.36. The third kappa shape index (κ3) is 3.83. The maximum atomic E-state index is 11.5. The van der Waals surface area contributed by atoms with Gasteiger partial charge in [-0.1, -0.05) is 37.6 Å². The molecule has 0 aliphatic rings. The molecule has 0 saturated heterocycles. The Balaban J connectivity index is 2.46. The van der Waals surface area contributed by atoms with Gasteiger partial charge in [0.05, 0.1) is 0 Å². The van der Waals surface area contributed by atoms with Gasteiger partial charge in [-0.15, -0.1) is 0 Å². The van der Waals surface area contributed by atoms with E-state index < -0.39 is 6.04 Å². The molecule has 0 fully saturated rings. The minimum Gasteiger partial charge on any atom is -0.460 e. The molecule has 0 amide bonds. The number of carbonyl (C=O) groups excluding carboxylic acids is 1. The average molecular weight is 242 g/mol. The molecular formula is C12H16ClNO2. The first-order valence-corrected chi connectivity index (χ1v) is 5.55. The number of hydrogen-bond donors (Lipinski definition) is 1. The normalized spacial score (nSPS) is 12.6. The molecule has 3 nitrogen and oxygen atoms in total. The van der Waals surface area contributed by atoms with E-state index in [0.29, 0.717) is 5.02 Å². The first-order valence-electron chi connectivity index (χ1n) is 5.17. The summed E-state index contributed by atoms with van der Waals surface area (Å²) < 4.78 is 5.08. The number of esters is 1. The van der Waals surface area contributed by atoms with Gasteiger partial charge in [-0.05, 0) is 23.6 Å². The third-order valence-electron chi connectivity index (χ3n) is 2.28. The fourth-order valence-corrected chi connectivity index (χ4v) is 1.23. The number of halogens is 1. The van der Waals surface area contributed by atoms with Crippen molar-refractivity contribution in [3.05, 3.63) is 34.9 Å². The highest BCUT2D eigenvalue weighted by Crippen LogP contribution is 2.11. The van der Waals surface area contributed by atoms with Crippen molar-refractivity contribution in [2.45, 2.75) is 26.5 Å². The van der Waals surface area contributed by atoms with E-state index in [0.717, 1.165) is 5.56 Å². The first kappa shape index (κ1) is 13.0. The van der Waals surface area contributed by atoms with Crippen molar-refractivity contribution in [2.24, 2.45) is 11.7 Å². The van der Waals surface area contributed by atoms with Crippen LogP contribution in [0.1, 0.15) is 19.4 Å². The number of benzene rings is 1. The lowest BCUT2D eigenvalue weighted by atomic mass is 10.1. The van der Waals surface area contributed by atoms with E-state index in [2.05, 4.69) is 0 Å². The Kier molecular flexibility index (Phi) is 4.77. The first-order chi connectivity index (χ1) is 7.50. The van der Waals surface area contributed by atoms with Gasteiger partial charge >= 0.3 is 5.97 Å². The Labute approximate surface area is 101 Å². The van der Waals surface area contributed by atoms with E-state index in [-0.39, 0.29) is 18.5 Å². The average Bonchev–Trinajstić information content (AvgIpc) is 2.26. The van der Waals surface area contributed by atoms with Crippen molar-refractivity contribution in [1.29, 1.82) is 0 Å². The Morgan fingerprint density at radius 3 is 2.44 bits per heavy atom. The van der Waals surface area contributed by atoms with Crippen LogP contribution >= 0.6 is 11.6 Å². The summed E-state index contributed by atoms with van der Waals surface area (Å²) in [5.41, 5.74) is 6.55. The molecule has 88 valence electrons. The maximum Gasteiger partial charge on any atom is 0.323 e. The van der Waals surface area contributed by atoms with Crippen LogP contribution in [0.2, 0.25) is 5.02 Å². The summed E-state index contributed by atoms with van der Waals surface area (Å²) in [4.78, 5) is 11.5. The third-order valence-corrected chi connectivity index (χ3v) is 2.54. The highest BCUT2D eigenvalue weighted by Gasteiger charge is 2.18. The molecule has 0 aromatic heterocycles. The van der Waals surface area contributed by atoms with Crippen LogP contribution in [0.3, 0.4) is 0 Å². The topological polar surface area (TPSA) is 52.3 Å².